The number of sulfonamides is 1. The molecule has 0 aliphatic rings. The smallest absolute Gasteiger partial charge is 0.305 e. The molecule has 3 aromatic rings. The van der Waals surface area contributed by atoms with E-state index in [-0.39, 0.29) is 4.90 Å². The molecule has 0 unspecified atom stereocenters. The number of aryl methyl sites for hydroxylation is 4. The van der Waals surface area contributed by atoms with Crippen molar-refractivity contribution in [3.05, 3.63) is 66.6 Å². The van der Waals surface area contributed by atoms with Crippen molar-refractivity contribution in [3.8, 4) is 0 Å². The predicted octanol–water partition coefficient (Wildman–Crippen LogP) is 2.42. The molecule has 0 bridgehead atoms. The average Bonchev–Trinajstić information content (AvgIpc) is 2.60. The summed E-state index contributed by atoms with van der Waals surface area (Å²) in [5, 5.41) is 0. The van der Waals surface area contributed by atoms with E-state index in [4.69, 9.17) is 0 Å². The number of rotatable bonds is 3. The molecule has 1 aromatic heterocycles. The minimum absolute atomic E-state index is 0.0456. The molecule has 1 heterocycles. The fourth-order valence-electron chi connectivity index (χ4n) is 2.91. The summed E-state index contributed by atoms with van der Waals surface area (Å²) in [5.41, 5.74) is 1.26. The first-order chi connectivity index (χ1) is 12.5. The van der Waals surface area contributed by atoms with Gasteiger partial charge in [0.15, 0.2) is 0 Å². The highest BCUT2D eigenvalue weighted by atomic mass is 79.9. The zero-order chi connectivity index (χ0) is 20.1. The van der Waals surface area contributed by atoms with Crippen LogP contribution in [0.1, 0.15) is 11.1 Å². The lowest BCUT2D eigenvalue weighted by molar-refractivity contribution is 0.600. The van der Waals surface area contributed by atoms with E-state index < -0.39 is 21.1 Å². The van der Waals surface area contributed by atoms with E-state index in [1.807, 2.05) is 6.92 Å². The van der Waals surface area contributed by atoms with Gasteiger partial charge < -0.3 is 9.13 Å². The molecule has 0 saturated carbocycles. The van der Waals surface area contributed by atoms with Gasteiger partial charge in [-0.15, -0.1) is 0 Å². The van der Waals surface area contributed by atoms with Crippen molar-refractivity contribution < 1.29 is 8.42 Å². The molecular weight excluding hydrogens is 434 g/mol. The molecular formula is C18H18BrN3O4S. The standard InChI is InChI=1S/C18H18BrN3O4S/c1-10-7-12(5-6-13(10)19)20-27(25,26)16-9-15-14(8-11(16)2)21(3)17(23)18(24)22(15)4/h5-9,20H,1-4H3. The van der Waals surface area contributed by atoms with Crippen LogP contribution >= 0.6 is 15.9 Å². The van der Waals surface area contributed by atoms with Gasteiger partial charge in [-0.3, -0.25) is 14.3 Å². The van der Waals surface area contributed by atoms with Crippen LogP contribution in [0.2, 0.25) is 0 Å². The molecule has 27 heavy (non-hydrogen) atoms. The summed E-state index contributed by atoms with van der Waals surface area (Å²) in [4.78, 5) is 24.1. The third-order valence-corrected chi connectivity index (χ3v) is 6.90. The molecule has 9 heteroatoms. The lowest BCUT2D eigenvalue weighted by Crippen LogP contribution is -2.39. The van der Waals surface area contributed by atoms with Gasteiger partial charge in [0, 0.05) is 24.3 Å². The minimum Gasteiger partial charge on any atom is -0.305 e. The van der Waals surface area contributed by atoms with Gasteiger partial charge >= 0.3 is 11.1 Å². The van der Waals surface area contributed by atoms with E-state index in [1.165, 1.54) is 29.3 Å². The van der Waals surface area contributed by atoms with E-state index in [9.17, 15) is 18.0 Å². The first kappa shape index (κ1) is 19.4. The molecule has 142 valence electrons. The van der Waals surface area contributed by atoms with Crippen molar-refractivity contribution in [3.63, 3.8) is 0 Å². The predicted molar refractivity (Wildman–Crippen MR) is 109 cm³/mol. The van der Waals surface area contributed by atoms with Crippen LogP contribution in [0.4, 0.5) is 5.69 Å². The van der Waals surface area contributed by atoms with Crippen LogP contribution in [-0.2, 0) is 24.1 Å². The van der Waals surface area contributed by atoms with Crippen molar-refractivity contribution in [2.75, 3.05) is 4.72 Å². The Bertz CT molecular complexity index is 1310. The summed E-state index contributed by atoms with van der Waals surface area (Å²) in [6.07, 6.45) is 0. The lowest BCUT2D eigenvalue weighted by atomic mass is 10.2. The Kier molecular flexibility index (Phi) is 4.77. The minimum atomic E-state index is -3.89. The highest BCUT2D eigenvalue weighted by Gasteiger charge is 2.20. The molecule has 0 amide bonds. The topological polar surface area (TPSA) is 90.2 Å². The molecule has 7 nitrogen and oxygen atoms in total. The largest absolute Gasteiger partial charge is 0.316 e. The van der Waals surface area contributed by atoms with E-state index in [0.29, 0.717) is 22.3 Å². The number of fused-ring (bicyclic) bond motifs is 1. The number of aromatic nitrogens is 2. The van der Waals surface area contributed by atoms with E-state index in [2.05, 4.69) is 20.7 Å². The van der Waals surface area contributed by atoms with E-state index in [1.54, 1.807) is 31.2 Å². The Morgan fingerprint density at radius 1 is 0.889 bits per heavy atom. The van der Waals surface area contributed by atoms with Gasteiger partial charge in [0.25, 0.3) is 10.0 Å². The number of benzene rings is 2. The number of anilines is 1. The van der Waals surface area contributed by atoms with Crippen LogP contribution in [-0.4, -0.2) is 17.6 Å². The number of halogens is 1. The van der Waals surface area contributed by atoms with Gasteiger partial charge in [0.05, 0.1) is 15.9 Å². The molecule has 1 N–H and O–H groups in total. The summed E-state index contributed by atoms with van der Waals surface area (Å²) in [7, 11) is -0.949. The van der Waals surface area contributed by atoms with Crippen molar-refractivity contribution in [1.29, 1.82) is 0 Å². The van der Waals surface area contributed by atoms with Crippen LogP contribution < -0.4 is 15.8 Å². The quantitative estimate of drug-likeness (QED) is 0.619. The maximum atomic E-state index is 12.9. The zero-order valence-corrected chi connectivity index (χ0v) is 17.6. The monoisotopic (exact) mass is 451 g/mol. The number of nitrogens with one attached hydrogen (secondary N) is 1. The van der Waals surface area contributed by atoms with Crippen LogP contribution in [0.25, 0.3) is 11.0 Å². The van der Waals surface area contributed by atoms with Crippen molar-refractivity contribution in [2.45, 2.75) is 18.7 Å². The van der Waals surface area contributed by atoms with E-state index >= 15 is 0 Å². The van der Waals surface area contributed by atoms with Crippen molar-refractivity contribution >= 4 is 42.7 Å². The Morgan fingerprint density at radius 3 is 2.00 bits per heavy atom. The van der Waals surface area contributed by atoms with Crippen LogP contribution in [0, 0.1) is 13.8 Å². The second kappa shape index (κ2) is 6.65. The summed E-state index contributed by atoms with van der Waals surface area (Å²) in [5.74, 6) is 0. The third-order valence-electron chi connectivity index (χ3n) is 4.49. The normalized spacial score (nSPS) is 11.7. The first-order valence-electron chi connectivity index (χ1n) is 8.02. The maximum Gasteiger partial charge on any atom is 0.316 e. The second-order valence-corrected chi connectivity index (χ2v) is 8.91. The van der Waals surface area contributed by atoms with Gasteiger partial charge in [-0.05, 0) is 55.3 Å². The third kappa shape index (κ3) is 3.32. The molecule has 0 fully saturated rings. The molecule has 0 atom stereocenters. The Balaban J connectivity index is 2.21. The average molecular weight is 452 g/mol. The summed E-state index contributed by atoms with van der Waals surface area (Å²) in [6, 6.07) is 8.15. The fourth-order valence-corrected chi connectivity index (χ4v) is 4.46. The van der Waals surface area contributed by atoms with E-state index in [0.717, 1.165) is 10.0 Å². The molecule has 0 aliphatic heterocycles. The highest BCUT2D eigenvalue weighted by molar-refractivity contribution is 9.10. The lowest BCUT2D eigenvalue weighted by Gasteiger charge is -2.15. The first-order valence-corrected chi connectivity index (χ1v) is 10.3. The van der Waals surface area contributed by atoms with Gasteiger partial charge in [-0.1, -0.05) is 15.9 Å². The molecule has 0 spiro atoms. The SMILES string of the molecule is Cc1cc(NS(=O)(=O)c2cc3c(cc2C)n(C)c(=O)c(=O)n3C)ccc1Br. The summed E-state index contributed by atoms with van der Waals surface area (Å²) < 4.78 is 31.7. The van der Waals surface area contributed by atoms with Crippen LogP contribution in [0.5, 0.6) is 0 Å². The number of hydrogen-bond acceptors (Lipinski definition) is 4. The highest BCUT2D eigenvalue weighted by Crippen LogP contribution is 2.26. The zero-order valence-electron chi connectivity index (χ0n) is 15.2. The van der Waals surface area contributed by atoms with Crippen molar-refractivity contribution in [2.24, 2.45) is 14.1 Å². The molecule has 3 rings (SSSR count). The summed E-state index contributed by atoms with van der Waals surface area (Å²) in [6.45, 7) is 3.51. The molecule has 0 aliphatic carbocycles. The second-order valence-electron chi connectivity index (χ2n) is 6.40. The number of hydrogen-bond donors (Lipinski definition) is 1. The van der Waals surface area contributed by atoms with Gasteiger partial charge in [-0.25, -0.2) is 8.42 Å². The Hall–Kier alpha value is -2.39. The molecule has 0 radical (unpaired) electrons. The van der Waals surface area contributed by atoms with Gasteiger partial charge in [0.1, 0.15) is 0 Å². The Morgan fingerprint density at radius 2 is 1.44 bits per heavy atom. The molecule has 0 saturated heterocycles. The number of nitrogens with zero attached hydrogens (tertiary/aromatic N) is 2. The molecule has 2 aromatic carbocycles. The van der Waals surface area contributed by atoms with Gasteiger partial charge in [0.2, 0.25) is 0 Å². The Labute approximate surface area is 164 Å². The van der Waals surface area contributed by atoms with Gasteiger partial charge in [-0.2, -0.15) is 0 Å². The maximum absolute atomic E-state index is 12.9. The fraction of sp³-hybridized carbons (Fsp3) is 0.222. The summed E-state index contributed by atoms with van der Waals surface area (Å²) >= 11 is 3.38. The van der Waals surface area contributed by atoms with Crippen LogP contribution in [0.15, 0.2) is 49.3 Å². The van der Waals surface area contributed by atoms with Crippen LogP contribution in [0.3, 0.4) is 0 Å². The van der Waals surface area contributed by atoms with Crippen molar-refractivity contribution in [1.82, 2.24) is 9.13 Å².